The number of likely N-dealkylation sites (N-methyl/N-ethyl adjacent to an activating group) is 1. The molecule has 0 aromatic heterocycles. The molecule has 1 saturated carbocycles. The van der Waals surface area contributed by atoms with Gasteiger partial charge >= 0.3 is 0 Å². The first kappa shape index (κ1) is 15.6. The Labute approximate surface area is 125 Å². The first-order valence-corrected chi connectivity index (χ1v) is 8.49. The molecule has 1 fully saturated rings. The number of hydrogen-bond acceptors (Lipinski definition) is 1. The molecular weight excluding hydrogens is 242 g/mol. The highest BCUT2D eigenvalue weighted by Crippen LogP contribution is 2.40. The molecule has 0 saturated heterocycles. The van der Waals surface area contributed by atoms with Crippen molar-refractivity contribution in [1.82, 2.24) is 5.32 Å². The second-order valence-corrected chi connectivity index (χ2v) is 6.46. The third kappa shape index (κ3) is 3.09. The van der Waals surface area contributed by atoms with Gasteiger partial charge in [0.25, 0.3) is 0 Å². The van der Waals surface area contributed by atoms with Gasteiger partial charge in [-0.3, -0.25) is 0 Å². The van der Waals surface area contributed by atoms with Crippen LogP contribution in [-0.4, -0.2) is 13.1 Å². The van der Waals surface area contributed by atoms with Gasteiger partial charge in [0, 0.05) is 11.5 Å². The van der Waals surface area contributed by atoms with Crippen LogP contribution in [0.15, 0.2) is 30.3 Å². The Morgan fingerprint density at radius 1 is 1.10 bits per heavy atom. The van der Waals surface area contributed by atoms with Crippen LogP contribution in [0.2, 0.25) is 0 Å². The third-order valence-electron chi connectivity index (χ3n) is 5.67. The maximum absolute atomic E-state index is 3.67. The van der Waals surface area contributed by atoms with Gasteiger partial charge in [-0.15, -0.1) is 0 Å². The summed E-state index contributed by atoms with van der Waals surface area (Å²) in [7, 11) is 2.16. The lowest BCUT2D eigenvalue weighted by molar-refractivity contribution is 0.240. The quantitative estimate of drug-likeness (QED) is 0.744. The SMILES string of the molecule is CCC(CC)(c1ccccc1)C(CC1CCCC1)NC. The Morgan fingerprint density at radius 3 is 2.20 bits per heavy atom. The average Bonchev–Trinajstić information content (AvgIpc) is 3.02. The second-order valence-electron chi connectivity index (χ2n) is 6.46. The van der Waals surface area contributed by atoms with Crippen LogP contribution in [0, 0.1) is 5.92 Å². The zero-order chi connectivity index (χ0) is 14.4. The molecular formula is C19H31N. The third-order valence-corrected chi connectivity index (χ3v) is 5.67. The van der Waals surface area contributed by atoms with E-state index in [2.05, 4.69) is 56.5 Å². The summed E-state index contributed by atoms with van der Waals surface area (Å²) in [6.07, 6.45) is 9.53. The van der Waals surface area contributed by atoms with Gasteiger partial charge in [-0.1, -0.05) is 69.9 Å². The van der Waals surface area contributed by atoms with Gasteiger partial charge in [0.2, 0.25) is 0 Å². The van der Waals surface area contributed by atoms with Crippen molar-refractivity contribution in [2.45, 2.75) is 70.3 Å². The van der Waals surface area contributed by atoms with Crippen molar-refractivity contribution in [3.63, 3.8) is 0 Å². The normalized spacial score (nSPS) is 18.4. The van der Waals surface area contributed by atoms with Crippen LogP contribution < -0.4 is 5.32 Å². The minimum atomic E-state index is 0.290. The molecule has 0 spiro atoms. The largest absolute Gasteiger partial charge is 0.316 e. The molecule has 112 valence electrons. The van der Waals surface area contributed by atoms with Crippen molar-refractivity contribution >= 4 is 0 Å². The summed E-state index contributed by atoms with van der Waals surface area (Å²) < 4.78 is 0. The van der Waals surface area contributed by atoms with Gasteiger partial charge in [0.05, 0.1) is 0 Å². The molecule has 20 heavy (non-hydrogen) atoms. The lowest BCUT2D eigenvalue weighted by atomic mass is 9.67. The van der Waals surface area contributed by atoms with Crippen molar-refractivity contribution in [3.8, 4) is 0 Å². The van der Waals surface area contributed by atoms with Crippen molar-refractivity contribution in [2.24, 2.45) is 5.92 Å². The minimum Gasteiger partial charge on any atom is -0.316 e. The van der Waals surface area contributed by atoms with Crippen molar-refractivity contribution in [3.05, 3.63) is 35.9 Å². The Balaban J connectivity index is 2.24. The Kier molecular flexibility index (Phi) is 5.65. The van der Waals surface area contributed by atoms with E-state index < -0.39 is 0 Å². The number of nitrogens with one attached hydrogen (secondary N) is 1. The number of benzene rings is 1. The van der Waals surface area contributed by atoms with E-state index in [1.54, 1.807) is 0 Å². The topological polar surface area (TPSA) is 12.0 Å². The van der Waals surface area contributed by atoms with Crippen LogP contribution in [0.3, 0.4) is 0 Å². The molecule has 1 aliphatic rings. The lowest BCUT2D eigenvalue weighted by Crippen LogP contribution is -2.47. The fraction of sp³-hybridized carbons (Fsp3) is 0.684. The Hall–Kier alpha value is -0.820. The maximum atomic E-state index is 3.67. The minimum absolute atomic E-state index is 0.290. The summed E-state index contributed by atoms with van der Waals surface area (Å²) in [5.41, 5.74) is 1.81. The predicted molar refractivity (Wildman–Crippen MR) is 88.1 cm³/mol. The first-order valence-electron chi connectivity index (χ1n) is 8.49. The molecule has 1 unspecified atom stereocenters. The van der Waals surface area contributed by atoms with E-state index in [-0.39, 0.29) is 0 Å². The molecule has 0 bridgehead atoms. The molecule has 1 aromatic rings. The van der Waals surface area contributed by atoms with Crippen LogP contribution in [0.4, 0.5) is 0 Å². The van der Waals surface area contributed by atoms with Crippen LogP contribution in [0.25, 0.3) is 0 Å². The van der Waals surface area contributed by atoms with E-state index in [0.29, 0.717) is 11.5 Å². The monoisotopic (exact) mass is 273 g/mol. The highest BCUT2D eigenvalue weighted by molar-refractivity contribution is 5.27. The van der Waals surface area contributed by atoms with E-state index in [1.807, 2.05) is 0 Å². The molecule has 0 heterocycles. The first-order chi connectivity index (χ1) is 9.76. The van der Waals surface area contributed by atoms with Gasteiger partial charge in [0.1, 0.15) is 0 Å². The maximum Gasteiger partial charge on any atom is 0.0163 e. The second kappa shape index (κ2) is 7.26. The van der Waals surface area contributed by atoms with Crippen LogP contribution in [0.5, 0.6) is 0 Å². The fourth-order valence-corrected chi connectivity index (χ4v) is 4.32. The summed E-state index contributed by atoms with van der Waals surface area (Å²) >= 11 is 0. The molecule has 1 aromatic carbocycles. The molecule has 1 heteroatoms. The Bertz CT molecular complexity index is 374. The van der Waals surface area contributed by atoms with E-state index in [0.717, 1.165) is 5.92 Å². The number of rotatable bonds is 7. The zero-order valence-electron chi connectivity index (χ0n) is 13.5. The molecule has 2 rings (SSSR count). The van der Waals surface area contributed by atoms with Crippen molar-refractivity contribution in [2.75, 3.05) is 7.05 Å². The van der Waals surface area contributed by atoms with Gasteiger partial charge in [-0.05, 0) is 37.8 Å². The highest BCUT2D eigenvalue weighted by Gasteiger charge is 2.37. The standard InChI is InChI=1S/C19H31N/c1-4-19(5-2,17-13-7-6-8-14-17)18(20-3)15-16-11-9-10-12-16/h6-8,13-14,16,18,20H,4-5,9-12,15H2,1-3H3. The smallest absolute Gasteiger partial charge is 0.0163 e. The molecule has 0 aliphatic heterocycles. The average molecular weight is 273 g/mol. The van der Waals surface area contributed by atoms with Crippen molar-refractivity contribution < 1.29 is 0 Å². The van der Waals surface area contributed by atoms with Gasteiger partial charge in [-0.25, -0.2) is 0 Å². The predicted octanol–water partition coefficient (Wildman–Crippen LogP) is 4.91. The molecule has 1 aliphatic carbocycles. The molecule has 1 atom stereocenters. The van der Waals surface area contributed by atoms with E-state index in [9.17, 15) is 0 Å². The van der Waals surface area contributed by atoms with E-state index in [1.165, 1.54) is 50.5 Å². The van der Waals surface area contributed by atoms with Gasteiger partial charge in [-0.2, -0.15) is 0 Å². The van der Waals surface area contributed by atoms with Gasteiger partial charge in [0.15, 0.2) is 0 Å². The molecule has 1 N–H and O–H groups in total. The van der Waals surface area contributed by atoms with Gasteiger partial charge < -0.3 is 5.32 Å². The molecule has 0 radical (unpaired) electrons. The molecule has 0 amide bonds. The van der Waals surface area contributed by atoms with Crippen LogP contribution >= 0.6 is 0 Å². The fourth-order valence-electron chi connectivity index (χ4n) is 4.32. The number of hydrogen-bond donors (Lipinski definition) is 1. The summed E-state index contributed by atoms with van der Waals surface area (Å²) in [5, 5.41) is 3.67. The van der Waals surface area contributed by atoms with Crippen LogP contribution in [0.1, 0.15) is 64.4 Å². The summed E-state index contributed by atoms with van der Waals surface area (Å²) in [4.78, 5) is 0. The van der Waals surface area contributed by atoms with Crippen LogP contribution in [-0.2, 0) is 5.41 Å². The summed E-state index contributed by atoms with van der Waals surface area (Å²) in [6, 6.07) is 11.8. The van der Waals surface area contributed by atoms with Crippen molar-refractivity contribution in [1.29, 1.82) is 0 Å². The zero-order valence-corrected chi connectivity index (χ0v) is 13.5. The highest BCUT2D eigenvalue weighted by atomic mass is 14.9. The van der Waals surface area contributed by atoms with E-state index in [4.69, 9.17) is 0 Å². The summed E-state index contributed by atoms with van der Waals surface area (Å²) in [5.74, 6) is 0.939. The summed E-state index contributed by atoms with van der Waals surface area (Å²) in [6.45, 7) is 4.71. The van der Waals surface area contributed by atoms with E-state index >= 15 is 0 Å². The Morgan fingerprint density at radius 2 is 1.70 bits per heavy atom. The molecule has 1 nitrogen and oxygen atoms in total. The lowest BCUT2D eigenvalue weighted by Gasteiger charge is -2.41.